The van der Waals surface area contributed by atoms with Gasteiger partial charge in [0.15, 0.2) is 0 Å². The molecule has 6 heteroatoms. The van der Waals surface area contributed by atoms with Crippen molar-refractivity contribution in [2.75, 3.05) is 24.7 Å². The van der Waals surface area contributed by atoms with Crippen molar-refractivity contribution < 1.29 is 9.53 Å². The number of ether oxygens (including phenoxy) is 1. The molecule has 0 saturated carbocycles. The zero-order valence-electron chi connectivity index (χ0n) is 11.8. The maximum atomic E-state index is 11.2. The molecule has 0 spiro atoms. The van der Waals surface area contributed by atoms with Gasteiger partial charge in [-0.25, -0.2) is 4.98 Å². The van der Waals surface area contributed by atoms with Crippen molar-refractivity contribution in [2.45, 2.75) is 6.42 Å². The van der Waals surface area contributed by atoms with Gasteiger partial charge in [0, 0.05) is 6.54 Å². The fourth-order valence-electron chi connectivity index (χ4n) is 1.94. The van der Waals surface area contributed by atoms with Gasteiger partial charge >= 0.3 is 0 Å². The van der Waals surface area contributed by atoms with E-state index in [0.29, 0.717) is 12.4 Å². The molecule has 0 saturated heterocycles. The largest absolute Gasteiger partial charge is 0.497 e. The van der Waals surface area contributed by atoms with Crippen molar-refractivity contribution in [3.8, 4) is 5.75 Å². The van der Waals surface area contributed by atoms with E-state index in [1.807, 2.05) is 24.3 Å². The van der Waals surface area contributed by atoms with Crippen LogP contribution in [0.3, 0.4) is 0 Å². The number of aromatic nitrogens is 1. The summed E-state index contributed by atoms with van der Waals surface area (Å²) in [4.78, 5) is 15.3. The highest BCUT2D eigenvalue weighted by Crippen LogP contribution is 2.15. The molecule has 0 aliphatic rings. The van der Waals surface area contributed by atoms with Crippen molar-refractivity contribution in [1.29, 1.82) is 0 Å². The van der Waals surface area contributed by atoms with Crippen LogP contribution in [0.5, 0.6) is 5.75 Å². The normalized spacial score (nSPS) is 10.1. The smallest absolute Gasteiger partial charge is 0.250 e. The third-order valence-electron chi connectivity index (χ3n) is 3.05. The first-order chi connectivity index (χ1) is 10.1. The molecule has 1 amide bonds. The average molecular weight is 286 g/mol. The minimum atomic E-state index is -0.564. The molecule has 0 atom stereocenters. The molecule has 0 bridgehead atoms. The van der Waals surface area contributed by atoms with Gasteiger partial charge in [-0.2, -0.15) is 0 Å². The van der Waals surface area contributed by atoms with Crippen molar-refractivity contribution in [1.82, 2.24) is 4.98 Å². The fourth-order valence-corrected chi connectivity index (χ4v) is 1.94. The highest BCUT2D eigenvalue weighted by molar-refractivity contribution is 5.98. The van der Waals surface area contributed by atoms with Gasteiger partial charge in [0.1, 0.15) is 11.6 Å². The number of nitrogen functional groups attached to an aromatic ring is 1. The van der Waals surface area contributed by atoms with E-state index in [9.17, 15) is 4.79 Å². The zero-order chi connectivity index (χ0) is 15.2. The molecule has 110 valence electrons. The Kier molecular flexibility index (Phi) is 4.61. The number of nitrogens with zero attached hydrogens (tertiary/aromatic N) is 1. The molecule has 1 aromatic heterocycles. The first kappa shape index (κ1) is 14.6. The number of rotatable bonds is 6. The van der Waals surface area contributed by atoms with E-state index in [1.165, 1.54) is 6.20 Å². The molecule has 2 rings (SSSR count). The first-order valence-corrected chi connectivity index (χ1v) is 6.52. The van der Waals surface area contributed by atoms with Gasteiger partial charge in [-0.3, -0.25) is 4.79 Å². The molecule has 6 nitrogen and oxygen atoms in total. The monoisotopic (exact) mass is 286 g/mol. The Bertz CT molecular complexity index is 643. The van der Waals surface area contributed by atoms with E-state index in [1.54, 1.807) is 13.2 Å². The molecule has 21 heavy (non-hydrogen) atoms. The van der Waals surface area contributed by atoms with Crippen LogP contribution in [0.2, 0.25) is 0 Å². The fraction of sp³-hybridized carbons (Fsp3) is 0.200. The summed E-state index contributed by atoms with van der Waals surface area (Å²) in [5.74, 6) is 0.834. The average Bonchev–Trinajstić information content (AvgIpc) is 2.49. The molecular weight excluding hydrogens is 268 g/mol. The lowest BCUT2D eigenvalue weighted by Gasteiger charge is -2.09. The van der Waals surface area contributed by atoms with Gasteiger partial charge in [0.2, 0.25) is 0 Å². The summed E-state index contributed by atoms with van der Waals surface area (Å²) in [7, 11) is 1.64. The molecule has 0 fully saturated rings. The van der Waals surface area contributed by atoms with Crippen LogP contribution >= 0.6 is 0 Å². The number of nitrogens with one attached hydrogen (secondary N) is 1. The quantitative estimate of drug-likeness (QED) is 0.745. The minimum Gasteiger partial charge on any atom is -0.497 e. The number of hydrogen-bond donors (Lipinski definition) is 3. The highest BCUT2D eigenvalue weighted by Gasteiger charge is 2.07. The Morgan fingerprint density at radius 1 is 1.38 bits per heavy atom. The number of carbonyl (C=O) groups excluding carboxylic acids is 1. The summed E-state index contributed by atoms with van der Waals surface area (Å²) < 4.78 is 5.18. The maximum Gasteiger partial charge on any atom is 0.250 e. The van der Waals surface area contributed by atoms with E-state index in [4.69, 9.17) is 16.2 Å². The van der Waals surface area contributed by atoms with Crippen LogP contribution in [-0.4, -0.2) is 24.5 Å². The molecular formula is C15H18N4O2. The number of methoxy groups -OCH3 is 1. The lowest BCUT2D eigenvalue weighted by Crippen LogP contribution is -2.15. The Labute approximate surface area is 123 Å². The highest BCUT2D eigenvalue weighted by atomic mass is 16.5. The summed E-state index contributed by atoms with van der Waals surface area (Å²) >= 11 is 0. The number of pyridine rings is 1. The predicted molar refractivity (Wildman–Crippen MR) is 82.4 cm³/mol. The molecule has 0 aliphatic heterocycles. The SMILES string of the molecule is COc1cccc(CCNc2cc(C(N)=O)c(N)cn2)c1. The second kappa shape index (κ2) is 6.60. The summed E-state index contributed by atoms with van der Waals surface area (Å²) in [6, 6.07) is 9.41. The van der Waals surface area contributed by atoms with Gasteiger partial charge in [-0.1, -0.05) is 12.1 Å². The van der Waals surface area contributed by atoms with Crippen molar-refractivity contribution in [2.24, 2.45) is 5.73 Å². The van der Waals surface area contributed by atoms with Crippen LogP contribution in [-0.2, 0) is 6.42 Å². The number of hydrogen-bond acceptors (Lipinski definition) is 5. The standard InChI is InChI=1S/C15H18N4O2/c1-21-11-4-2-3-10(7-11)5-6-18-14-8-12(15(17)20)13(16)9-19-14/h2-4,7-9H,5-6,16H2,1H3,(H2,17,20)(H,18,19). The van der Waals surface area contributed by atoms with Crippen LogP contribution in [0, 0.1) is 0 Å². The van der Waals surface area contributed by atoms with Crippen LogP contribution in [0.15, 0.2) is 36.5 Å². The number of nitrogens with two attached hydrogens (primary N) is 2. The van der Waals surface area contributed by atoms with E-state index in [-0.39, 0.29) is 11.3 Å². The second-order valence-electron chi connectivity index (χ2n) is 4.55. The van der Waals surface area contributed by atoms with Gasteiger partial charge in [-0.15, -0.1) is 0 Å². The molecule has 1 aromatic carbocycles. The zero-order valence-corrected chi connectivity index (χ0v) is 11.8. The van der Waals surface area contributed by atoms with Crippen molar-refractivity contribution >= 4 is 17.4 Å². The molecule has 2 aromatic rings. The maximum absolute atomic E-state index is 11.2. The van der Waals surface area contributed by atoms with Gasteiger partial charge in [-0.05, 0) is 30.2 Å². The Hall–Kier alpha value is -2.76. The lowest BCUT2D eigenvalue weighted by molar-refractivity contribution is 0.100. The molecule has 5 N–H and O–H groups in total. The number of amides is 1. The Morgan fingerprint density at radius 3 is 2.90 bits per heavy atom. The number of anilines is 2. The summed E-state index contributed by atoms with van der Waals surface area (Å²) in [5.41, 5.74) is 12.6. The van der Waals surface area contributed by atoms with E-state index >= 15 is 0 Å². The van der Waals surface area contributed by atoms with Crippen LogP contribution in [0.4, 0.5) is 11.5 Å². The number of benzene rings is 1. The third kappa shape index (κ3) is 3.85. The predicted octanol–water partition coefficient (Wildman–Crippen LogP) is 1.43. The third-order valence-corrected chi connectivity index (χ3v) is 3.05. The summed E-state index contributed by atoms with van der Waals surface area (Å²) in [5, 5.41) is 3.14. The minimum absolute atomic E-state index is 0.272. The summed E-state index contributed by atoms with van der Waals surface area (Å²) in [6.45, 7) is 0.669. The van der Waals surface area contributed by atoms with Crippen LogP contribution in [0.25, 0.3) is 0 Å². The molecule has 1 heterocycles. The van der Waals surface area contributed by atoms with Gasteiger partial charge in [0.25, 0.3) is 5.91 Å². The number of carbonyl (C=O) groups is 1. The van der Waals surface area contributed by atoms with E-state index in [2.05, 4.69) is 10.3 Å². The number of primary amides is 1. The van der Waals surface area contributed by atoms with E-state index < -0.39 is 5.91 Å². The molecule has 0 aliphatic carbocycles. The van der Waals surface area contributed by atoms with Gasteiger partial charge < -0.3 is 21.5 Å². The van der Waals surface area contributed by atoms with Crippen LogP contribution < -0.4 is 21.5 Å². The molecule has 0 unspecified atom stereocenters. The van der Waals surface area contributed by atoms with E-state index in [0.717, 1.165) is 17.7 Å². The lowest BCUT2D eigenvalue weighted by atomic mass is 10.1. The Balaban J connectivity index is 1.97. The van der Waals surface area contributed by atoms with Crippen molar-refractivity contribution in [3.63, 3.8) is 0 Å². The first-order valence-electron chi connectivity index (χ1n) is 6.52. The second-order valence-corrected chi connectivity index (χ2v) is 4.55. The van der Waals surface area contributed by atoms with Gasteiger partial charge in [0.05, 0.1) is 24.6 Å². The topological polar surface area (TPSA) is 103 Å². The Morgan fingerprint density at radius 2 is 2.19 bits per heavy atom. The summed E-state index contributed by atoms with van der Waals surface area (Å²) in [6.07, 6.45) is 2.23. The van der Waals surface area contributed by atoms with Crippen LogP contribution in [0.1, 0.15) is 15.9 Å². The van der Waals surface area contributed by atoms with Crippen molar-refractivity contribution in [3.05, 3.63) is 47.7 Å². The molecule has 0 radical (unpaired) electrons.